The Balaban J connectivity index is 2.10. The van der Waals surface area contributed by atoms with E-state index in [-0.39, 0.29) is 12.0 Å². The molecule has 2 heteroatoms. The Labute approximate surface area is 88.1 Å². The number of rotatable bonds is 5. The Bertz CT molecular complexity index is 168. The molecule has 0 saturated heterocycles. The van der Waals surface area contributed by atoms with Crippen molar-refractivity contribution in [2.24, 2.45) is 17.3 Å². The summed E-state index contributed by atoms with van der Waals surface area (Å²) in [6.45, 7) is 8.86. The summed E-state index contributed by atoms with van der Waals surface area (Å²) in [6, 6.07) is 0. The van der Waals surface area contributed by atoms with Crippen LogP contribution in [0.3, 0.4) is 0 Å². The number of aliphatic hydroxyl groups excluding tert-OH is 1. The van der Waals surface area contributed by atoms with Gasteiger partial charge in [-0.1, -0.05) is 27.2 Å². The van der Waals surface area contributed by atoms with E-state index in [1.54, 1.807) is 0 Å². The van der Waals surface area contributed by atoms with Crippen molar-refractivity contribution in [2.45, 2.75) is 40.0 Å². The highest BCUT2D eigenvalue weighted by Crippen LogP contribution is 2.29. The minimum Gasteiger partial charge on any atom is -0.396 e. The molecule has 2 unspecified atom stereocenters. The van der Waals surface area contributed by atoms with Crippen molar-refractivity contribution in [3.8, 4) is 0 Å². The zero-order valence-corrected chi connectivity index (χ0v) is 9.84. The van der Waals surface area contributed by atoms with Gasteiger partial charge in [0, 0.05) is 18.6 Å². The van der Waals surface area contributed by atoms with E-state index >= 15 is 0 Å². The quantitative estimate of drug-likeness (QED) is 0.710. The first kappa shape index (κ1) is 12.0. The molecule has 1 rings (SSSR count). The SMILES string of the molecule is CC1CCC(CNCC(C)(C)CO)C1. The zero-order valence-electron chi connectivity index (χ0n) is 9.84. The molecule has 0 aromatic rings. The second kappa shape index (κ2) is 5.13. The van der Waals surface area contributed by atoms with E-state index in [0.717, 1.165) is 24.9 Å². The third-order valence-corrected chi connectivity index (χ3v) is 3.27. The van der Waals surface area contributed by atoms with Gasteiger partial charge in [-0.15, -0.1) is 0 Å². The van der Waals surface area contributed by atoms with E-state index in [1.807, 2.05) is 0 Å². The van der Waals surface area contributed by atoms with Crippen molar-refractivity contribution in [2.75, 3.05) is 19.7 Å². The highest BCUT2D eigenvalue weighted by Gasteiger charge is 2.22. The smallest absolute Gasteiger partial charge is 0.0494 e. The maximum absolute atomic E-state index is 9.09. The fourth-order valence-corrected chi connectivity index (χ4v) is 2.18. The fraction of sp³-hybridized carbons (Fsp3) is 1.00. The summed E-state index contributed by atoms with van der Waals surface area (Å²) in [5.41, 5.74) is 0.0320. The van der Waals surface area contributed by atoms with Crippen LogP contribution < -0.4 is 5.32 Å². The Morgan fingerprint density at radius 2 is 2.07 bits per heavy atom. The maximum atomic E-state index is 9.09. The molecule has 0 aromatic carbocycles. The lowest BCUT2D eigenvalue weighted by Gasteiger charge is -2.23. The van der Waals surface area contributed by atoms with Crippen LogP contribution in [0.25, 0.3) is 0 Å². The van der Waals surface area contributed by atoms with E-state index in [2.05, 4.69) is 26.1 Å². The highest BCUT2D eigenvalue weighted by atomic mass is 16.3. The van der Waals surface area contributed by atoms with Gasteiger partial charge in [0.15, 0.2) is 0 Å². The first-order chi connectivity index (χ1) is 6.53. The van der Waals surface area contributed by atoms with Gasteiger partial charge in [0.25, 0.3) is 0 Å². The predicted molar refractivity (Wildman–Crippen MR) is 60.2 cm³/mol. The maximum Gasteiger partial charge on any atom is 0.0494 e. The number of nitrogens with one attached hydrogen (secondary N) is 1. The van der Waals surface area contributed by atoms with Crippen LogP contribution in [-0.4, -0.2) is 24.8 Å². The molecule has 1 saturated carbocycles. The summed E-state index contributed by atoms with van der Waals surface area (Å²) in [5, 5.41) is 12.6. The molecule has 0 heterocycles. The van der Waals surface area contributed by atoms with Crippen molar-refractivity contribution < 1.29 is 5.11 Å². The van der Waals surface area contributed by atoms with E-state index in [1.165, 1.54) is 19.3 Å². The van der Waals surface area contributed by atoms with Crippen LogP contribution in [0.2, 0.25) is 0 Å². The zero-order chi connectivity index (χ0) is 10.6. The number of aliphatic hydroxyl groups is 1. The van der Waals surface area contributed by atoms with Gasteiger partial charge in [-0.2, -0.15) is 0 Å². The molecule has 2 nitrogen and oxygen atoms in total. The standard InChI is InChI=1S/C12H25NO/c1-10-4-5-11(6-10)7-13-8-12(2,3)9-14/h10-11,13-14H,4-9H2,1-3H3. The van der Waals surface area contributed by atoms with Crippen molar-refractivity contribution in [1.29, 1.82) is 0 Å². The summed E-state index contributed by atoms with van der Waals surface area (Å²) >= 11 is 0. The van der Waals surface area contributed by atoms with Crippen LogP contribution in [0.5, 0.6) is 0 Å². The van der Waals surface area contributed by atoms with Gasteiger partial charge in [-0.3, -0.25) is 0 Å². The molecule has 0 aliphatic heterocycles. The fourth-order valence-electron chi connectivity index (χ4n) is 2.18. The summed E-state index contributed by atoms with van der Waals surface area (Å²) in [4.78, 5) is 0. The third kappa shape index (κ3) is 3.97. The highest BCUT2D eigenvalue weighted by molar-refractivity contribution is 4.76. The minimum absolute atomic E-state index is 0.0320. The Kier molecular flexibility index (Phi) is 4.39. The molecular weight excluding hydrogens is 174 g/mol. The van der Waals surface area contributed by atoms with Crippen molar-refractivity contribution in [1.82, 2.24) is 5.32 Å². The van der Waals surface area contributed by atoms with Gasteiger partial charge < -0.3 is 10.4 Å². The third-order valence-electron chi connectivity index (χ3n) is 3.27. The summed E-state index contributed by atoms with van der Waals surface area (Å²) < 4.78 is 0. The first-order valence-electron chi connectivity index (χ1n) is 5.85. The lowest BCUT2D eigenvalue weighted by molar-refractivity contribution is 0.155. The molecule has 0 radical (unpaired) electrons. The largest absolute Gasteiger partial charge is 0.396 e. The molecule has 0 amide bonds. The lowest BCUT2D eigenvalue weighted by Crippen LogP contribution is -2.34. The van der Waals surface area contributed by atoms with Crippen molar-refractivity contribution >= 4 is 0 Å². The normalized spacial score (nSPS) is 28.3. The molecular formula is C12H25NO. The van der Waals surface area contributed by atoms with Gasteiger partial charge in [0.2, 0.25) is 0 Å². The average Bonchev–Trinajstić information content (AvgIpc) is 2.51. The predicted octanol–water partition coefficient (Wildman–Crippen LogP) is 2.03. The molecule has 0 bridgehead atoms. The van der Waals surface area contributed by atoms with E-state index in [4.69, 9.17) is 5.11 Å². The van der Waals surface area contributed by atoms with Crippen LogP contribution in [0.1, 0.15) is 40.0 Å². The molecule has 2 atom stereocenters. The van der Waals surface area contributed by atoms with Gasteiger partial charge >= 0.3 is 0 Å². The van der Waals surface area contributed by atoms with Crippen molar-refractivity contribution in [3.63, 3.8) is 0 Å². The Hall–Kier alpha value is -0.0800. The second-order valence-electron chi connectivity index (χ2n) is 5.74. The molecule has 1 fully saturated rings. The topological polar surface area (TPSA) is 32.3 Å². The average molecular weight is 199 g/mol. The van der Waals surface area contributed by atoms with E-state index < -0.39 is 0 Å². The first-order valence-corrected chi connectivity index (χ1v) is 5.85. The van der Waals surface area contributed by atoms with E-state index in [9.17, 15) is 0 Å². The molecule has 2 N–H and O–H groups in total. The van der Waals surface area contributed by atoms with Crippen LogP contribution in [-0.2, 0) is 0 Å². The molecule has 1 aliphatic rings. The number of hydrogen-bond donors (Lipinski definition) is 2. The summed E-state index contributed by atoms with van der Waals surface area (Å²) in [5.74, 6) is 1.80. The lowest BCUT2D eigenvalue weighted by atomic mass is 9.94. The van der Waals surface area contributed by atoms with Crippen LogP contribution in [0.4, 0.5) is 0 Å². The van der Waals surface area contributed by atoms with Crippen molar-refractivity contribution in [3.05, 3.63) is 0 Å². The van der Waals surface area contributed by atoms with E-state index in [0.29, 0.717) is 0 Å². The minimum atomic E-state index is 0.0320. The Morgan fingerprint density at radius 3 is 2.57 bits per heavy atom. The second-order valence-corrected chi connectivity index (χ2v) is 5.74. The van der Waals surface area contributed by atoms with Gasteiger partial charge in [-0.25, -0.2) is 0 Å². The number of hydrogen-bond acceptors (Lipinski definition) is 2. The van der Waals surface area contributed by atoms with Gasteiger partial charge in [0.05, 0.1) is 0 Å². The van der Waals surface area contributed by atoms with Crippen LogP contribution in [0, 0.1) is 17.3 Å². The van der Waals surface area contributed by atoms with Gasteiger partial charge in [0.1, 0.15) is 0 Å². The molecule has 84 valence electrons. The van der Waals surface area contributed by atoms with Crippen LogP contribution >= 0.6 is 0 Å². The Morgan fingerprint density at radius 1 is 1.36 bits per heavy atom. The molecule has 0 spiro atoms. The monoisotopic (exact) mass is 199 g/mol. The van der Waals surface area contributed by atoms with Crippen LogP contribution in [0.15, 0.2) is 0 Å². The molecule has 0 aromatic heterocycles. The van der Waals surface area contributed by atoms with Gasteiger partial charge in [-0.05, 0) is 31.2 Å². The molecule has 1 aliphatic carbocycles. The summed E-state index contributed by atoms with van der Waals surface area (Å²) in [7, 11) is 0. The summed E-state index contributed by atoms with van der Waals surface area (Å²) in [6.07, 6.45) is 4.16. The molecule has 14 heavy (non-hydrogen) atoms.